The Bertz CT molecular complexity index is 372. The summed E-state index contributed by atoms with van der Waals surface area (Å²) >= 11 is 0. The summed E-state index contributed by atoms with van der Waals surface area (Å²) in [6.45, 7) is 7.29. The Labute approximate surface area is 121 Å². The van der Waals surface area contributed by atoms with E-state index in [4.69, 9.17) is 0 Å². The molecule has 1 aromatic carbocycles. The molecule has 0 radical (unpaired) electrons. The molecule has 20 heavy (non-hydrogen) atoms. The summed E-state index contributed by atoms with van der Waals surface area (Å²) in [5.41, 5.74) is 0.735. The van der Waals surface area contributed by atoms with Crippen molar-refractivity contribution in [2.45, 2.75) is 58.9 Å². The summed E-state index contributed by atoms with van der Waals surface area (Å²) in [4.78, 5) is 0. The van der Waals surface area contributed by atoms with Gasteiger partial charge >= 0.3 is 0 Å². The minimum absolute atomic E-state index is 0.0386. The molecule has 0 aliphatic rings. The highest BCUT2D eigenvalue weighted by Gasteiger charge is 2.21. The molecule has 2 unspecified atom stereocenters. The maximum absolute atomic E-state index is 13.5. The maximum Gasteiger partial charge on any atom is 0.126 e. The summed E-state index contributed by atoms with van der Waals surface area (Å²) < 4.78 is 26.9. The van der Waals surface area contributed by atoms with Crippen molar-refractivity contribution in [1.29, 1.82) is 0 Å². The van der Waals surface area contributed by atoms with E-state index in [0.29, 0.717) is 5.92 Å². The van der Waals surface area contributed by atoms with E-state index in [1.165, 1.54) is 12.1 Å². The van der Waals surface area contributed by atoms with Crippen LogP contribution in [-0.2, 0) is 0 Å². The van der Waals surface area contributed by atoms with Gasteiger partial charge in [-0.05, 0) is 43.0 Å². The maximum atomic E-state index is 13.5. The number of unbranched alkanes of at least 4 members (excludes halogenated alkanes) is 1. The van der Waals surface area contributed by atoms with Crippen LogP contribution in [0.5, 0.6) is 0 Å². The normalized spacial score (nSPS) is 14.2. The SMILES string of the molecule is CCCCC(CC)C(NCCC)c1cc(F)cc(F)c1. The molecule has 0 heterocycles. The third kappa shape index (κ3) is 5.20. The van der Waals surface area contributed by atoms with Crippen LogP contribution in [0.1, 0.15) is 64.5 Å². The smallest absolute Gasteiger partial charge is 0.126 e. The molecule has 0 aliphatic heterocycles. The molecule has 0 bridgehead atoms. The molecule has 0 saturated heterocycles. The molecule has 1 aromatic rings. The largest absolute Gasteiger partial charge is 0.310 e. The van der Waals surface area contributed by atoms with E-state index >= 15 is 0 Å². The van der Waals surface area contributed by atoms with Gasteiger partial charge in [0.1, 0.15) is 11.6 Å². The highest BCUT2D eigenvalue weighted by Crippen LogP contribution is 2.30. The van der Waals surface area contributed by atoms with Crippen molar-refractivity contribution >= 4 is 0 Å². The predicted octanol–water partition coefficient (Wildman–Crippen LogP) is 5.22. The lowest BCUT2D eigenvalue weighted by Crippen LogP contribution is -2.29. The lowest BCUT2D eigenvalue weighted by atomic mass is 9.86. The van der Waals surface area contributed by atoms with Crippen molar-refractivity contribution in [3.05, 3.63) is 35.4 Å². The highest BCUT2D eigenvalue weighted by atomic mass is 19.1. The summed E-state index contributed by atoms with van der Waals surface area (Å²) in [5, 5.41) is 3.47. The van der Waals surface area contributed by atoms with Crippen molar-refractivity contribution in [2.24, 2.45) is 5.92 Å². The average molecular weight is 283 g/mol. The van der Waals surface area contributed by atoms with Crippen LogP contribution in [0.2, 0.25) is 0 Å². The zero-order chi connectivity index (χ0) is 15.0. The second kappa shape index (κ2) is 9.06. The van der Waals surface area contributed by atoms with Crippen molar-refractivity contribution < 1.29 is 8.78 Å². The van der Waals surface area contributed by atoms with Gasteiger partial charge in [-0.1, -0.05) is 40.0 Å². The van der Waals surface area contributed by atoms with E-state index in [-0.39, 0.29) is 6.04 Å². The first-order valence-electron chi connectivity index (χ1n) is 7.81. The summed E-state index contributed by atoms with van der Waals surface area (Å²) in [5.74, 6) is -0.565. The standard InChI is InChI=1S/C17H27F2N/c1-4-7-8-13(6-3)17(20-9-5-2)14-10-15(18)12-16(19)11-14/h10-13,17,20H,4-9H2,1-3H3. The van der Waals surface area contributed by atoms with Crippen LogP contribution in [0.25, 0.3) is 0 Å². The number of rotatable bonds is 9. The fourth-order valence-corrected chi connectivity index (χ4v) is 2.68. The number of hydrogen-bond donors (Lipinski definition) is 1. The van der Waals surface area contributed by atoms with Crippen molar-refractivity contribution in [3.63, 3.8) is 0 Å². The number of hydrogen-bond acceptors (Lipinski definition) is 1. The molecule has 0 saturated carbocycles. The first-order chi connectivity index (χ1) is 9.62. The monoisotopic (exact) mass is 283 g/mol. The van der Waals surface area contributed by atoms with Crippen LogP contribution in [0, 0.1) is 17.6 Å². The molecule has 0 spiro atoms. The number of halogens is 2. The molecular weight excluding hydrogens is 256 g/mol. The van der Waals surface area contributed by atoms with Gasteiger partial charge in [-0.2, -0.15) is 0 Å². The van der Waals surface area contributed by atoms with E-state index in [1.807, 2.05) is 0 Å². The van der Waals surface area contributed by atoms with E-state index in [0.717, 1.165) is 50.3 Å². The number of benzene rings is 1. The molecule has 2 atom stereocenters. The van der Waals surface area contributed by atoms with E-state index in [9.17, 15) is 8.78 Å². The van der Waals surface area contributed by atoms with Gasteiger partial charge in [0, 0.05) is 12.1 Å². The minimum atomic E-state index is -0.492. The van der Waals surface area contributed by atoms with Crippen LogP contribution in [0.15, 0.2) is 18.2 Å². The molecule has 1 rings (SSSR count). The minimum Gasteiger partial charge on any atom is -0.310 e. The average Bonchev–Trinajstić information content (AvgIpc) is 2.41. The fourth-order valence-electron chi connectivity index (χ4n) is 2.68. The first-order valence-corrected chi connectivity index (χ1v) is 7.81. The van der Waals surface area contributed by atoms with Crippen molar-refractivity contribution in [3.8, 4) is 0 Å². The Morgan fingerprint density at radius 3 is 2.15 bits per heavy atom. The molecule has 0 aliphatic carbocycles. The van der Waals surface area contributed by atoms with Crippen LogP contribution in [0.3, 0.4) is 0 Å². The third-order valence-electron chi connectivity index (χ3n) is 3.78. The number of nitrogens with one attached hydrogen (secondary N) is 1. The van der Waals surface area contributed by atoms with Crippen LogP contribution in [-0.4, -0.2) is 6.54 Å². The molecular formula is C17H27F2N. The van der Waals surface area contributed by atoms with Crippen LogP contribution in [0.4, 0.5) is 8.78 Å². The van der Waals surface area contributed by atoms with Gasteiger partial charge in [0.2, 0.25) is 0 Å². The second-order valence-electron chi connectivity index (χ2n) is 5.45. The zero-order valence-corrected chi connectivity index (χ0v) is 12.9. The molecule has 0 amide bonds. The van der Waals surface area contributed by atoms with E-state index in [2.05, 4.69) is 26.1 Å². The van der Waals surface area contributed by atoms with Gasteiger partial charge in [-0.25, -0.2) is 8.78 Å². The topological polar surface area (TPSA) is 12.0 Å². The van der Waals surface area contributed by atoms with Gasteiger partial charge in [0.25, 0.3) is 0 Å². The third-order valence-corrected chi connectivity index (χ3v) is 3.78. The van der Waals surface area contributed by atoms with Gasteiger partial charge in [-0.3, -0.25) is 0 Å². The van der Waals surface area contributed by atoms with E-state index < -0.39 is 11.6 Å². The van der Waals surface area contributed by atoms with Crippen LogP contribution < -0.4 is 5.32 Å². The van der Waals surface area contributed by atoms with Crippen molar-refractivity contribution in [1.82, 2.24) is 5.32 Å². The summed E-state index contributed by atoms with van der Waals surface area (Å²) in [6, 6.07) is 3.90. The fraction of sp³-hybridized carbons (Fsp3) is 0.647. The Hall–Kier alpha value is -0.960. The lowest BCUT2D eigenvalue weighted by molar-refractivity contribution is 0.322. The van der Waals surface area contributed by atoms with E-state index in [1.54, 1.807) is 0 Å². The zero-order valence-electron chi connectivity index (χ0n) is 12.9. The van der Waals surface area contributed by atoms with Gasteiger partial charge in [-0.15, -0.1) is 0 Å². The van der Waals surface area contributed by atoms with Gasteiger partial charge in [0.15, 0.2) is 0 Å². The second-order valence-corrected chi connectivity index (χ2v) is 5.45. The van der Waals surface area contributed by atoms with Crippen molar-refractivity contribution in [2.75, 3.05) is 6.54 Å². The molecule has 1 nitrogen and oxygen atoms in total. The summed E-state index contributed by atoms with van der Waals surface area (Å²) in [6.07, 6.45) is 5.42. The predicted molar refractivity (Wildman–Crippen MR) is 80.7 cm³/mol. The Morgan fingerprint density at radius 2 is 1.65 bits per heavy atom. The van der Waals surface area contributed by atoms with Gasteiger partial charge in [0.05, 0.1) is 0 Å². The molecule has 3 heteroatoms. The molecule has 0 fully saturated rings. The Kier molecular flexibility index (Phi) is 7.75. The van der Waals surface area contributed by atoms with Gasteiger partial charge < -0.3 is 5.32 Å². The molecule has 1 N–H and O–H groups in total. The Morgan fingerprint density at radius 1 is 1.00 bits per heavy atom. The summed E-state index contributed by atoms with van der Waals surface area (Å²) in [7, 11) is 0. The quantitative estimate of drug-likeness (QED) is 0.655. The Balaban J connectivity index is 2.96. The molecule has 114 valence electrons. The highest BCUT2D eigenvalue weighted by molar-refractivity contribution is 5.22. The van der Waals surface area contributed by atoms with Crippen LogP contribution >= 0.6 is 0 Å². The first kappa shape index (κ1) is 17.1. The molecule has 0 aromatic heterocycles. The lowest BCUT2D eigenvalue weighted by Gasteiger charge is -2.28.